The second kappa shape index (κ2) is 6.18. The van der Waals surface area contributed by atoms with Crippen LogP contribution in [0.15, 0.2) is 6.20 Å². The summed E-state index contributed by atoms with van der Waals surface area (Å²) >= 11 is 0. The summed E-state index contributed by atoms with van der Waals surface area (Å²) in [5, 5.41) is 16.8. The highest BCUT2D eigenvalue weighted by atomic mass is 16.3. The number of hydrogen-bond donors (Lipinski definition) is 2. The summed E-state index contributed by atoms with van der Waals surface area (Å²) in [4.78, 5) is 12.5. The average Bonchev–Trinajstić information content (AvgIpc) is 2.68. The van der Waals surface area contributed by atoms with E-state index in [1.807, 2.05) is 27.8 Å². The molecule has 0 saturated carbocycles. The van der Waals surface area contributed by atoms with E-state index in [0.29, 0.717) is 5.56 Å². The number of aryl methyl sites for hydroxylation is 1. The average molecular weight is 295 g/mol. The van der Waals surface area contributed by atoms with E-state index < -0.39 is 0 Å². The predicted molar refractivity (Wildman–Crippen MR) is 84.3 cm³/mol. The molecule has 1 aromatic rings. The molecule has 0 bridgehead atoms. The molecule has 1 rings (SSSR count). The Morgan fingerprint density at radius 2 is 1.90 bits per heavy atom. The SMILES string of the molecule is Cn1cc(C(=O)NC(CO)CC(C)(C)C)c(C(C)(C)C)n1. The summed E-state index contributed by atoms with van der Waals surface area (Å²) in [6, 6.07) is -0.245. The van der Waals surface area contributed by atoms with Gasteiger partial charge in [0.1, 0.15) is 0 Å². The molecule has 0 fully saturated rings. The largest absolute Gasteiger partial charge is 0.394 e. The minimum absolute atomic E-state index is 0.0441. The molecule has 1 heterocycles. The Morgan fingerprint density at radius 3 is 2.33 bits per heavy atom. The van der Waals surface area contributed by atoms with E-state index in [0.717, 1.165) is 12.1 Å². The Hall–Kier alpha value is -1.36. The third kappa shape index (κ3) is 5.16. The summed E-state index contributed by atoms with van der Waals surface area (Å²) in [7, 11) is 1.81. The zero-order valence-electron chi connectivity index (χ0n) is 14.3. The Morgan fingerprint density at radius 1 is 1.33 bits per heavy atom. The van der Waals surface area contributed by atoms with Gasteiger partial charge in [0.25, 0.3) is 5.91 Å². The summed E-state index contributed by atoms with van der Waals surface area (Å²) in [6.07, 6.45) is 2.46. The zero-order valence-corrected chi connectivity index (χ0v) is 14.3. The van der Waals surface area contributed by atoms with Crippen LogP contribution in [0.4, 0.5) is 0 Å². The van der Waals surface area contributed by atoms with Crippen molar-refractivity contribution in [2.45, 2.75) is 59.4 Å². The maximum atomic E-state index is 12.5. The first-order valence-corrected chi connectivity index (χ1v) is 7.40. The lowest BCUT2D eigenvalue weighted by atomic mass is 9.87. The maximum absolute atomic E-state index is 12.5. The van der Waals surface area contributed by atoms with E-state index in [1.165, 1.54) is 0 Å². The van der Waals surface area contributed by atoms with Gasteiger partial charge in [-0.05, 0) is 11.8 Å². The van der Waals surface area contributed by atoms with Crippen LogP contribution in [0.25, 0.3) is 0 Å². The van der Waals surface area contributed by atoms with E-state index in [9.17, 15) is 9.90 Å². The van der Waals surface area contributed by atoms with Crippen LogP contribution in [0.3, 0.4) is 0 Å². The first-order valence-electron chi connectivity index (χ1n) is 7.40. The molecule has 1 aromatic heterocycles. The number of hydrogen-bond acceptors (Lipinski definition) is 3. The molecular weight excluding hydrogens is 266 g/mol. The molecule has 0 spiro atoms. The first kappa shape index (κ1) is 17.7. The van der Waals surface area contributed by atoms with Crippen molar-refractivity contribution in [3.8, 4) is 0 Å². The van der Waals surface area contributed by atoms with Gasteiger partial charge in [-0.25, -0.2) is 0 Å². The van der Waals surface area contributed by atoms with Crippen molar-refractivity contribution in [3.63, 3.8) is 0 Å². The summed E-state index contributed by atoms with van der Waals surface area (Å²) in [5.41, 5.74) is 1.20. The van der Waals surface area contributed by atoms with Gasteiger partial charge in [0.2, 0.25) is 0 Å². The molecule has 1 unspecified atom stereocenters. The number of carbonyl (C=O) groups is 1. The molecule has 1 amide bonds. The highest BCUT2D eigenvalue weighted by molar-refractivity contribution is 5.95. The number of nitrogens with zero attached hydrogens (tertiary/aromatic N) is 2. The molecule has 0 aliphatic rings. The van der Waals surface area contributed by atoms with Crippen LogP contribution in [0.5, 0.6) is 0 Å². The van der Waals surface area contributed by atoms with Gasteiger partial charge in [0.05, 0.1) is 23.9 Å². The fraction of sp³-hybridized carbons (Fsp3) is 0.750. The smallest absolute Gasteiger partial charge is 0.255 e. The maximum Gasteiger partial charge on any atom is 0.255 e. The van der Waals surface area contributed by atoms with Crippen molar-refractivity contribution in [2.75, 3.05) is 6.61 Å². The lowest BCUT2D eigenvalue weighted by molar-refractivity contribution is 0.0895. The third-order valence-electron chi connectivity index (χ3n) is 3.20. The minimum Gasteiger partial charge on any atom is -0.394 e. The lowest BCUT2D eigenvalue weighted by Crippen LogP contribution is -2.40. The molecule has 0 aromatic carbocycles. The van der Waals surface area contributed by atoms with Gasteiger partial charge in [-0.3, -0.25) is 9.48 Å². The van der Waals surface area contributed by atoms with Crippen LogP contribution >= 0.6 is 0 Å². The lowest BCUT2D eigenvalue weighted by Gasteiger charge is -2.26. The normalized spacial score (nSPS) is 14.1. The van der Waals surface area contributed by atoms with Crippen molar-refractivity contribution in [1.29, 1.82) is 0 Å². The molecule has 5 nitrogen and oxygen atoms in total. The molecular formula is C16H29N3O2. The van der Waals surface area contributed by atoms with E-state index >= 15 is 0 Å². The number of amides is 1. The molecule has 0 radical (unpaired) electrons. The Labute approximate surface area is 127 Å². The number of aliphatic hydroxyl groups excluding tert-OH is 1. The fourth-order valence-electron chi connectivity index (χ4n) is 2.37. The highest BCUT2D eigenvalue weighted by Crippen LogP contribution is 2.25. The van der Waals surface area contributed by atoms with Crippen molar-refractivity contribution in [3.05, 3.63) is 17.5 Å². The van der Waals surface area contributed by atoms with Gasteiger partial charge in [0.15, 0.2) is 0 Å². The first-order chi connectivity index (χ1) is 9.44. The summed E-state index contributed by atoms with van der Waals surface area (Å²) in [5.74, 6) is -0.170. The molecule has 120 valence electrons. The van der Waals surface area contributed by atoms with Crippen LogP contribution in [-0.2, 0) is 12.5 Å². The van der Waals surface area contributed by atoms with Gasteiger partial charge < -0.3 is 10.4 Å². The second-order valence-electron chi connectivity index (χ2n) is 7.93. The standard InChI is InChI=1S/C16H29N3O2/c1-15(2,3)8-11(10-20)17-14(21)12-9-19(7)18-13(12)16(4,5)6/h9,11,20H,8,10H2,1-7H3,(H,17,21). The van der Waals surface area contributed by atoms with Crippen molar-refractivity contribution < 1.29 is 9.90 Å². The highest BCUT2D eigenvalue weighted by Gasteiger charge is 2.27. The van der Waals surface area contributed by atoms with Gasteiger partial charge in [-0.2, -0.15) is 5.10 Å². The number of aromatic nitrogens is 2. The molecule has 0 saturated heterocycles. The van der Waals surface area contributed by atoms with Crippen LogP contribution in [0.1, 0.15) is 64.0 Å². The summed E-state index contributed by atoms with van der Waals surface area (Å²) < 4.78 is 1.66. The van der Waals surface area contributed by atoms with Crippen LogP contribution in [-0.4, -0.2) is 33.4 Å². The third-order valence-corrected chi connectivity index (χ3v) is 3.20. The Kier molecular flexibility index (Phi) is 5.20. The van der Waals surface area contributed by atoms with E-state index in [2.05, 4.69) is 31.2 Å². The predicted octanol–water partition coefficient (Wildman–Crippen LogP) is 2.24. The fourth-order valence-corrected chi connectivity index (χ4v) is 2.37. The molecule has 0 aliphatic carbocycles. The number of rotatable bonds is 4. The van der Waals surface area contributed by atoms with Crippen molar-refractivity contribution in [2.24, 2.45) is 12.5 Å². The van der Waals surface area contributed by atoms with Gasteiger partial charge in [-0.15, -0.1) is 0 Å². The number of nitrogens with one attached hydrogen (secondary N) is 1. The van der Waals surface area contributed by atoms with Crippen molar-refractivity contribution in [1.82, 2.24) is 15.1 Å². The van der Waals surface area contributed by atoms with Crippen LogP contribution < -0.4 is 5.32 Å². The Balaban J connectivity index is 2.94. The minimum atomic E-state index is -0.245. The monoisotopic (exact) mass is 295 g/mol. The van der Waals surface area contributed by atoms with Crippen molar-refractivity contribution >= 4 is 5.91 Å². The molecule has 5 heteroatoms. The van der Waals surface area contributed by atoms with Gasteiger partial charge in [-0.1, -0.05) is 41.5 Å². The van der Waals surface area contributed by atoms with E-state index in [-0.39, 0.29) is 29.4 Å². The Bertz CT molecular complexity index is 493. The van der Waals surface area contributed by atoms with Crippen LogP contribution in [0.2, 0.25) is 0 Å². The van der Waals surface area contributed by atoms with E-state index in [1.54, 1.807) is 10.9 Å². The topological polar surface area (TPSA) is 67.2 Å². The van der Waals surface area contributed by atoms with Gasteiger partial charge in [0, 0.05) is 18.7 Å². The van der Waals surface area contributed by atoms with Gasteiger partial charge >= 0.3 is 0 Å². The number of carbonyl (C=O) groups excluding carboxylic acids is 1. The molecule has 0 aliphatic heterocycles. The summed E-state index contributed by atoms with van der Waals surface area (Å²) in [6.45, 7) is 12.3. The van der Waals surface area contributed by atoms with Crippen LogP contribution in [0, 0.1) is 5.41 Å². The van der Waals surface area contributed by atoms with E-state index in [4.69, 9.17) is 0 Å². The molecule has 21 heavy (non-hydrogen) atoms. The zero-order chi connectivity index (χ0) is 16.4. The second-order valence-corrected chi connectivity index (χ2v) is 7.93. The quantitative estimate of drug-likeness (QED) is 0.895. The molecule has 2 N–H and O–H groups in total. The molecule has 1 atom stereocenters. The number of aliphatic hydroxyl groups is 1.